The van der Waals surface area contributed by atoms with Crippen molar-refractivity contribution in [3.05, 3.63) is 77.5 Å². The molecule has 0 unspecified atom stereocenters. The number of pyridine rings is 1. The molecule has 1 aromatic heterocycles. The van der Waals surface area contributed by atoms with Crippen LogP contribution >= 0.6 is 0 Å². The molecule has 35 heavy (non-hydrogen) atoms. The van der Waals surface area contributed by atoms with Gasteiger partial charge in [-0.15, -0.1) is 0 Å². The highest BCUT2D eigenvalue weighted by Gasteiger charge is 2.30. The van der Waals surface area contributed by atoms with E-state index in [1.165, 1.54) is 30.9 Å². The average molecular weight is 486 g/mol. The predicted octanol–water partition coefficient (Wildman–Crippen LogP) is 5.52. The van der Waals surface area contributed by atoms with E-state index in [4.69, 9.17) is 4.74 Å². The number of halogens is 3. The first-order valence-electron chi connectivity index (χ1n) is 10.7. The first-order chi connectivity index (χ1) is 16.3. The number of aryl methyl sites for hydroxylation is 1. The maximum absolute atomic E-state index is 12.9. The normalized spacial score (nSPS) is 11.7. The second kappa shape index (κ2) is 9.77. The minimum absolute atomic E-state index is 0.0499. The van der Waals surface area contributed by atoms with E-state index < -0.39 is 23.3 Å². The number of anilines is 1. The van der Waals surface area contributed by atoms with Crippen LogP contribution in [0.3, 0.4) is 0 Å². The number of ether oxygens (including phenoxy) is 1. The molecule has 3 aromatic rings. The fourth-order valence-electron chi connectivity index (χ4n) is 3.29. The van der Waals surface area contributed by atoms with Gasteiger partial charge in [0.15, 0.2) is 5.60 Å². The van der Waals surface area contributed by atoms with Gasteiger partial charge in [-0.2, -0.15) is 13.2 Å². The molecule has 3 rings (SSSR count). The van der Waals surface area contributed by atoms with Gasteiger partial charge in [0, 0.05) is 30.1 Å². The first-order valence-corrected chi connectivity index (χ1v) is 10.7. The Bertz CT molecular complexity index is 1240. The van der Waals surface area contributed by atoms with Gasteiger partial charge in [0.25, 0.3) is 0 Å². The summed E-state index contributed by atoms with van der Waals surface area (Å²) in [4.78, 5) is 30.1. The maximum atomic E-state index is 12.9. The molecule has 0 saturated heterocycles. The maximum Gasteiger partial charge on any atom is 0.416 e. The standard InChI is InChI=1S/C26H25F3N2O4/c1-16-18(10-13-22(30-16)17-8-11-19(12-9-17)26(27,28)29)14-23(32)31(4)20-6-5-7-21(15-20)35-25(2,3)24(33)34/h5-13,15H,14H2,1-4H3,(H,33,34). The number of carboxylic acid groups (broad SMARTS) is 1. The number of carboxylic acids is 1. The van der Waals surface area contributed by atoms with Crippen molar-refractivity contribution in [3.8, 4) is 17.0 Å². The molecule has 184 valence electrons. The Hall–Kier alpha value is -3.88. The summed E-state index contributed by atoms with van der Waals surface area (Å²) >= 11 is 0. The quantitative estimate of drug-likeness (QED) is 0.476. The second-order valence-electron chi connectivity index (χ2n) is 8.56. The molecule has 6 nitrogen and oxygen atoms in total. The van der Waals surface area contributed by atoms with Gasteiger partial charge in [-0.05, 0) is 56.7 Å². The topological polar surface area (TPSA) is 79.7 Å². The number of alkyl halides is 3. The zero-order chi connectivity index (χ0) is 26.0. The van der Waals surface area contributed by atoms with Crippen molar-refractivity contribution in [2.75, 3.05) is 11.9 Å². The lowest BCUT2D eigenvalue weighted by Crippen LogP contribution is -2.38. The summed E-state index contributed by atoms with van der Waals surface area (Å²) in [5, 5.41) is 9.26. The number of carbonyl (C=O) groups is 2. The van der Waals surface area contributed by atoms with Crippen LogP contribution in [0.1, 0.15) is 30.7 Å². The Morgan fingerprint density at radius 3 is 2.26 bits per heavy atom. The van der Waals surface area contributed by atoms with E-state index in [0.29, 0.717) is 34.0 Å². The number of carbonyl (C=O) groups excluding carboxylic acids is 1. The van der Waals surface area contributed by atoms with E-state index in [2.05, 4.69) is 4.98 Å². The van der Waals surface area contributed by atoms with E-state index in [0.717, 1.165) is 12.1 Å². The number of amides is 1. The molecule has 0 bridgehead atoms. The van der Waals surface area contributed by atoms with Gasteiger partial charge >= 0.3 is 12.1 Å². The molecule has 0 aliphatic rings. The summed E-state index contributed by atoms with van der Waals surface area (Å²) in [5.74, 6) is -1.03. The van der Waals surface area contributed by atoms with Gasteiger partial charge in [-0.25, -0.2) is 4.79 Å². The number of aromatic nitrogens is 1. The van der Waals surface area contributed by atoms with E-state index in [1.807, 2.05) is 0 Å². The van der Waals surface area contributed by atoms with E-state index in [9.17, 15) is 27.9 Å². The Kier molecular flexibility index (Phi) is 7.19. The van der Waals surface area contributed by atoms with Gasteiger partial charge in [-0.1, -0.05) is 24.3 Å². The molecular weight excluding hydrogens is 461 g/mol. The first kappa shape index (κ1) is 25.7. The Balaban J connectivity index is 1.73. The van der Waals surface area contributed by atoms with E-state index in [-0.39, 0.29) is 12.3 Å². The third-order valence-corrected chi connectivity index (χ3v) is 5.51. The highest BCUT2D eigenvalue weighted by Crippen LogP contribution is 2.31. The van der Waals surface area contributed by atoms with Crippen molar-refractivity contribution in [2.24, 2.45) is 0 Å². The molecule has 0 spiro atoms. The van der Waals surface area contributed by atoms with Gasteiger partial charge in [0.2, 0.25) is 5.91 Å². The largest absolute Gasteiger partial charge is 0.478 e. The molecule has 0 aliphatic carbocycles. The fourth-order valence-corrected chi connectivity index (χ4v) is 3.29. The van der Waals surface area contributed by atoms with Crippen LogP contribution in [-0.4, -0.2) is 34.6 Å². The zero-order valence-electron chi connectivity index (χ0n) is 19.7. The van der Waals surface area contributed by atoms with Crippen LogP contribution in [0.2, 0.25) is 0 Å². The molecule has 0 saturated carbocycles. The highest BCUT2D eigenvalue weighted by molar-refractivity contribution is 5.94. The number of benzene rings is 2. The van der Waals surface area contributed by atoms with Gasteiger partial charge in [0.05, 0.1) is 17.7 Å². The summed E-state index contributed by atoms with van der Waals surface area (Å²) in [6.45, 7) is 4.60. The van der Waals surface area contributed by atoms with Crippen LogP contribution in [0.5, 0.6) is 5.75 Å². The van der Waals surface area contributed by atoms with Crippen molar-refractivity contribution >= 4 is 17.6 Å². The summed E-state index contributed by atoms with van der Waals surface area (Å²) in [7, 11) is 1.60. The summed E-state index contributed by atoms with van der Waals surface area (Å²) < 4.78 is 43.9. The number of rotatable bonds is 7. The second-order valence-corrected chi connectivity index (χ2v) is 8.56. The molecule has 0 radical (unpaired) electrons. The highest BCUT2D eigenvalue weighted by atomic mass is 19.4. The summed E-state index contributed by atoms with van der Waals surface area (Å²) in [6, 6.07) is 14.7. The van der Waals surface area contributed by atoms with Crippen molar-refractivity contribution in [2.45, 2.75) is 39.0 Å². The van der Waals surface area contributed by atoms with Crippen LogP contribution in [0.15, 0.2) is 60.7 Å². The predicted molar refractivity (Wildman–Crippen MR) is 125 cm³/mol. The molecule has 0 aliphatic heterocycles. The smallest absolute Gasteiger partial charge is 0.416 e. The minimum atomic E-state index is -4.41. The third-order valence-electron chi connectivity index (χ3n) is 5.51. The number of hydrogen-bond acceptors (Lipinski definition) is 4. The number of hydrogen-bond donors (Lipinski definition) is 1. The van der Waals surface area contributed by atoms with Crippen molar-refractivity contribution in [3.63, 3.8) is 0 Å². The number of nitrogens with zero attached hydrogens (tertiary/aromatic N) is 2. The van der Waals surface area contributed by atoms with Crippen molar-refractivity contribution < 1.29 is 32.6 Å². The molecule has 0 atom stereocenters. The molecular formula is C26H25F3N2O4. The number of aliphatic carboxylic acids is 1. The lowest BCUT2D eigenvalue weighted by atomic mass is 10.0. The fraction of sp³-hybridized carbons (Fsp3) is 0.269. The number of likely N-dealkylation sites (N-methyl/N-ethyl adjacent to an activating group) is 1. The molecule has 1 amide bonds. The van der Waals surface area contributed by atoms with Crippen molar-refractivity contribution in [1.29, 1.82) is 0 Å². The summed E-state index contributed by atoms with van der Waals surface area (Å²) in [5.41, 5.74) is 0.675. The molecule has 0 fully saturated rings. The summed E-state index contributed by atoms with van der Waals surface area (Å²) in [6.07, 6.45) is -4.36. The molecule has 1 heterocycles. The van der Waals surface area contributed by atoms with E-state index in [1.54, 1.807) is 50.4 Å². The molecule has 1 N–H and O–H groups in total. The van der Waals surface area contributed by atoms with Crippen LogP contribution in [-0.2, 0) is 22.2 Å². The van der Waals surface area contributed by atoms with Crippen LogP contribution in [0.4, 0.5) is 18.9 Å². The lowest BCUT2D eigenvalue weighted by molar-refractivity contribution is -0.152. The SMILES string of the molecule is Cc1nc(-c2ccc(C(F)(F)F)cc2)ccc1CC(=O)N(C)c1cccc(OC(C)(C)C(=O)O)c1. The van der Waals surface area contributed by atoms with Crippen LogP contribution in [0.25, 0.3) is 11.3 Å². The lowest BCUT2D eigenvalue weighted by Gasteiger charge is -2.23. The van der Waals surface area contributed by atoms with Gasteiger partial charge in [-0.3, -0.25) is 9.78 Å². The van der Waals surface area contributed by atoms with Crippen molar-refractivity contribution in [1.82, 2.24) is 4.98 Å². The minimum Gasteiger partial charge on any atom is -0.478 e. The van der Waals surface area contributed by atoms with E-state index >= 15 is 0 Å². The molecule has 9 heteroatoms. The monoisotopic (exact) mass is 486 g/mol. The Labute approximate surface area is 201 Å². The van der Waals surface area contributed by atoms with Gasteiger partial charge in [0.1, 0.15) is 5.75 Å². The van der Waals surface area contributed by atoms with Gasteiger partial charge < -0.3 is 14.7 Å². The third kappa shape index (κ3) is 6.17. The van der Waals surface area contributed by atoms with Crippen LogP contribution < -0.4 is 9.64 Å². The Morgan fingerprint density at radius 1 is 1.03 bits per heavy atom. The average Bonchev–Trinajstić information content (AvgIpc) is 2.79. The Morgan fingerprint density at radius 2 is 1.69 bits per heavy atom. The van der Waals surface area contributed by atoms with Crippen LogP contribution in [0, 0.1) is 6.92 Å². The zero-order valence-corrected chi connectivity index (χ0v) is 19.7. The molecule has 2 aromatic carbocycles.